The third-order valence-corrected chi connectivity index (χ3v) is 3.08. The largest absolute Gasteiger partial charge is 0.348 e. The molecular weight excluding hydrogens is 150 g/mol. The van der Waals surface area contributed by atoms with Crippen LogP contribution >= 0.6 is 0 Å². The van der Waals surface area contributed by atoms with Crippen LogP contribution in [0.1, 0.15) is 30.1 Å². The summed E-state index contributed by atoms with van der Waals surface area (Å²) < 4.78 is 0. The number of H-pyrrole nitrogens is 1. The van der Waals surface area contributed by atoms with E-state index in [4.69, 9.17) is 0 Å². The number of hydrogen-bond donors (Lipinski definition) is 2. The average Bonchev–Trinajstić information content (AvgIpc) is 2.53. The lowest BCUT2D eigenvalue weighted by molar-refractivity contribution is 0.333. The highest BCUT2D eigenvalue weighted by atomic mass is 15.0. The zero-order valence-electron chi connectivity index (χ0n) is 7.01. The van der Waals surface area contributed by atoms with Crippen LogP contribution in [0.3, 0.4) is 0 Å². The van der Waals surface area contributed by atoms with Gasteiger partial charge in [-0.15, -0.1) is 0 Å². The van der Waals surface area contributed by atoms with Gasteiger partial charge in [-0.2, -0.15) is 0 Å². The van der Waals surface area contributed by atoms with Crippen molar-refractivity contribution in [3.8, 4) is 0 Å². The summed E-state index contributed by atoms with van der Waals surface area (Å²) in [4.78, 5) is 7.63. The van der Waals surface area contributed by atoms with Crippen molar-refractivity contribution < 1.29 is 0 Å². The van der Waals surface area contributed by atoms with E-state index >= 15 is 0 Å². The van der Waals surface area contributed by atoms with Gasteiger partial charge < -0.3 is 10.3 Å². The topological polar surface area (TPSA) is 40.7 Å². The van der Waals surface area contributed by atoms with Crippen molar-refractivity contribution in [1.82, 2.24) is 15.3 Å². The molecule has 0 aromatic carbocycles. The Bertz CT molecular complexity index is 292. The molecule has 0 spiro atoms. The summed E-state index contributed by atoms with van der Waals surface area (Å²) in [5.74, 6) is 0.728. The lowest BCUT2D eigenvalue weighted by atomic mass is 9.81. The molecule has 2 heterocycles. The summed E-state index contributed by atoms with van der Waals surface area (Å²) in [6.07, 6.45) is 5.53. The Labute approximate surface area is 71.6 Å². The van der Waals surface area contributed by atoms with E-state index in [0.29, 0.717) is 6.04 Å². The van der Waals surface area contributed by atoms with E-state index in [1.165, 1.54) is 30.8 Å². The van der Waals surface area contributed by atoms with E-state index in [2.05, 4.69) is 15.3 Å². The number of aromatic amines is 1. The maximum Gasteiger partial charge on any atom is 0.0925 e. The first kappa shape index (κ1) is 6.66. The van der Waals surface area contributed by atoms with Crippen LogP contribution in [-0.2, 0) is 6.42 Å². The number of hydrogen-bond acceptors (Lipinski definition) is 2. The Morgan fingerprint density at radius 1 is 1.50 bits per heavy atom. The Balaban J connectivity index is 2.04. The van der Waals surface area contributed by atoms with Crippen LogP contribution in [0.4, 0.5) is 0 Å². The molecular formula is C9H13N3. The summed E-state index contributed by atoms with van der Waals surface area (Å²) in [5, 5.41) is 3.53. The van der Waals surface area contributed by atoms with Crippen molar-refractivity contribution in [1.29, 1.82) is 0 Å². The minimum absolute atomic E-state index is 0.705. The molecule has 1 aromatic heterocycles. The second-order valence-corrected chi connectivity index (χ2v) is 3.84. The summed E-state index contributed by atoms with van der Waals surface area (Å²) in [7, 11) is 0. The molecule has 3 rings (SSSR count). The predicted octanol–water partition coefficient (Wildman–Crippen LogP) is 0.801. The number of nitrogens with zero attached hydrogens (tertiary/aromatic N) is 1. The van der Waals surface area contributed by atoms with Crippen molar-refractivity contribution in [3.05, 3.63) is 17.7 Å². The Morgan fingerprint density at radius 2 is 2.50 bits per heavy atom. The molecule has 2 N–H and O–H groups in total. The van der Waals surface area contributed by atoms with E-state index in [0.717, 1.165) is 12.3 Å². The number of nitrogens with one attached hydrogen (secondary N) is 2. The maximum absolute atomic E-state index is 4.39. The normalized spacial score (nSPS) is 33.0. The Hall–Kier alpha value is -0.830. The Morgan fingerprint density at radius 3 is 3.50 bits per heavy atom. The molecule has 1 saturated heterocycles. The van der Waals surface area contributed by atoms with Gasteiger partial charge in [0.2, 0.25) is 0 Å². The van der Waals surface area contributed by atoms with Gasteiger partial charge in [0.05, 0.1) is 12.0 Å². The number of fused-ring (bicyclic) bond motifs is 4. The predicted molar refractivity (Wildman–Crippen MR) is 46.1 cm³/mol. The number of rotatable bonds is 0. The fourth-order valence-corrected chi connectivity index (χ4v) is 2.50. The van der Waals surface area contributed by atoms with Gasteiger partial charge in [0.15, 0.2) is 0 Å². The van der Waals surface area contributed by atoms with Gasteiger partial charge in [0.25, 0.3) is 0 Å². The van der Waals surface area contributed by atoms with Gasteiger partial charge in [-0.05, 0) is 19.4 Å². The minimum Gasteiger partial charge on any atom is -0.348 e. The molecule has 0 saturated carbocycles. The molecule has 2 aliphatic rings. The van der Waals surface area contributed by atoms with E-state index in [1.54, 1.807) is 0 Å². The molecule has 2 atom stereocenters. The molecule has 0 amide bonds. The number of piperidine rings is 1. The third kappa shape index (κ3) is 0.829. The summed E-state index contributed by atoms with van der Waals surface area (Å²) >= 11 is 0. The highest BCUT2D eigenvalue weighted by Crippen LogP contribution is 2.34. The first-order valence-electron chi connectivity index (χ1n) is 4.69. The summed E-state index contributed by atoms with van der Waals surface area (Å²) in [6.45, 7) is 1.17. The highest BCUT2D eigenvalue weighted by molar-refractivity contribution is 5.23. The van der Waals surface area contributed by atoms with Gasteiger partial charge in [-0.3, -0.25) is 0 Å². The monoisotopic (exact) mass is 163 g/mol. The van der Waals surface area contributed by atoms with Crippen molar-refractivity contribution >= 4 is 0 Å². The zero-order chi connectivity index (χ0) is 7.97. The molecule has 1 aliphatic carbocycles. The second kappa shape index (κ2) is 2.33. The lowest BCUT2D eigenvalue weighted by Crippen LogP contribution is -2.42. The van der Waals surface area contributed by atoms with Crippen LogP contribution in [0.2, 0.25) is 0 Å². The standard InChI is InChI=1S/C9H13N3/c1-2-10-7-3-6(1)9-8(4-7)11-5-12-9/h5-7,10H,1-4H2,(H,11,12)/t6?,7-/m0/s1. The molecule has 64 valence electrons. The number of aromatic nitrogens is 2. The SMILES string of the molecule is c1nc2c([nH]1)C[C@@H]1CC2CCN1. The fourth-order valence-electron chi connectivity index (χ4n) is 2.50. The maximum atomic E-state index is 4.39. The van der Waals surface area contributed by atoms with Crippen LogP contribution in [0.25, 0.3) is 0 Å². The van der Waals surface area contributed by atoms with Crippen molar-refractivity contribution in [2.24, 2.45) is 0 Å². The van der Waals surface area contributed by atoms with Crippen molar-refractivity contribution in [2.75, 3.05) is 6.54 Å². The molecule has 2 bridgehead atoms. The highest BCUT2D eigenvalue weighted by Gasteiger charge is 2.31. The average molecular weight is 163 g/mol. The summed E-state index contributed by atoms with van der Waals surface area (Å²) in [5.41, 5.74) is 2.70. The lowest BCUT2D eigenvalue weighted by Gasteiger charge is -2.34. The van der Waals surface area contributed by atoms with Crippen molar-refractivity contribution in [3.63, 3.8) is 0 Å². The Kier molecular flexibility index (Phi) is 1.29. The van der Waals surface area contributed by atoms with E-state index in [9.17, 15) is 0 Å². The van der Waals surface area contributed by atoms with Crippen LogP contribution in [0, 0.1) is 0 Å². The van der Waals surface area contributed by atoms with E-state index in [1.807, 2.05) is 6.33 Å². The molecule has 1 aliphatic heterocycles. The van der Waals surface area contributed by atoms with Gasteiger partial charge in [-0.1, -0.05) is 0 Å². The molecule has 1 aromatic rings. The summed E-state index contributed by atoms with van der Waals surface area (Å²) in [6, 6.07) is 0.705. The van der Waals surface area contributed by atoms with Gasteiger partial charge >= 0.3 is 0 Å². The first-order valence-corrected chi connectivity index (χ1v) is 4.69. The smallest absolute Gasteiger partial charge is 0.0925 e. The molecule has 1 unspecified atom stereocenters. The van der Waals surface area contributed by atoms with E-state index < -0.39 is 0 Å². The molecule has 0 radical (unpaired) electrons. The minimum atomic E-state index is 0.705. The van der Waals surface area contributed by atoms with Gasteiger partial charge in [-0.25, -0.2) is 4.98 Å². The number of imidazole rings is 1. The molecule has 3 heteroatoms. The van der Waals surface area contributed by atoms with E-state index in [-0.39, 0.29) is 0 Å². The van der Waals surface area contributed by atoms with Gasteiger partial charge in [0.1, 0.15) is 0 Å². The second-order valence-electron chi connectivity index (χ2n) is 3.84. The zero-order valence-corrected chi connectivity index (χ0v) is 7.01. The van der Waals surface area contributed by atoms with Crippen LogP contribution in [0.15, 0.2) is 6.33 Å². The van der Waals surface area contributed by atoms with Crippen LogP contribution < -0.4 is 5.32 Å². The van der Waals surface area contributed by atoms with Crippen molar-refractivity contribution in [2.45, 2.75) is 31.2 Å². The fraction of sp³-hybridized carbons (Fsp3) is 0.667. The first-order chi connectivity index (χ1) is 5.93. The molecule has 12 heavy (non-hydrogen) atoms. The van der Waals surface area contributed by atoms with Gasteiger partial charge in [0, 0.05) is 24.1 Å². The van der Waals surface area contributed by atoms with Crippen LogP contribution in [0.5, 0.6) is 0 Å². The van der Waals surface area contributed by atoms with Crippen LogP contribution in [-0.4, -0.2) is 22.6 Å². The molecule has 1 fully saturated rings. The quantitative estimate of drug-likeness (QED) is 0.594. The molecule has 3 nitrogen and oxygen atoms in total. The third-order valence-electron chi connectivity index (χ3n) is 3.08.